The predicted octanol–water partition coefficient (Wildman–Crippen LogP) is 5.53. The SMILES string of the molecule is NC=O.c1ccc(COc2ccccc2CCCc2ccccc2Cc2ccccn2)cc1. The van der Waals surface area contributed by atoms with Gasteiger partial charge in [0.1, 0.15) is 12.4 Å². The number of nitrogens with zero attached hydrogens (tertiary/aromatic N) is 1. The molecule has 1 amide bonds. The normalized spacial score (nSPS) is 10.1. The molecule has 0 aliphatic heterocycles. The molecule has 1 aromatic heterocycles. The van der Waals surface area contributed by atoms with Crippen molar-refractivity contribution in [2.24, 2.45) is 5.73 Å². The van der Waals surface area contributed by atoms with Crippen LogP contribution in [0.25, 0.3) is 0 Å². The number of amides is 1. The molecule has 0 spiro atoms. The van der Waals surface area contributed by atoms with Crippen LogP contribution in [0.4, 0.5) is 0 Å². The quantitative estimate of drug-likeness (QED) is 0.350. The molecule has 1 heterocycles. The molecular formula is C29H30N2O2. The lowest BCUT2D eigenvalue weighted by Gasteiger charge is -2.13. The minimum Gasteiger partial charge on any atom is -0.489 e. The summed E-state index contributed by atoms with van der Waals surface area (Å²) < 4.78 is 6.12. The highest BCUT2D eigenvalue weighted by molar-refractivity contribution is 5.42. The average Bonchev–Trinajstić information content (AvgIpc) is 2.86. The first-order chi connectivity index (χ1) is 16.3. The summed E-state index contributed by atoms with van der Waals surface area (Å²) in [6, 6.07) is 33.6. The van der Waals surface area contributed by atoms with Crippen molar-refractivity contribution in [2.75, 3.05) is 0 Å². The zero-order valence-electron chi connectivity index (χ0n) is 18.8. The predicted molar refractivity (Wildman–Crippen MR) is 133 cm³/mol. The summed E-state index contributed by atoms with van der Waals surface area (Å²) in [6.07, 6.45) is 6.14. The van der Waals surface area contributed by atoms with Crippen LogP contribution in [0.3, 0.4) is 0 Å². The van der Waals surface area contributed by atoms with E-state index >= 15 is 0 Å². The first-order valence-corrected chi connectivity index (χ1v) is 11.2. The number of primary amides is 1. The first kappa shape index (κ1) is 23.7. The highest BCUT2D eigenvalue weighted by Crippen LogP contribution is 2.23. The lowest BCUT2D eigenvalue weighted by atomic mass is 9.97. The summed E-state index contributed by atoms with van der Waals surface area (Å²) in [5, 5.41) is 0. The molecule has 4 aromatic rings. The van der Waals surface area contributed by atoms with Gasteiger partial charge < -0.3 is 10.5 Å². The molecule has 0 saturated carbocycles. The zero-order chi connectivity index (χ0) is 23.1. The van der Waals surface area contributed by atoms with Crippen LogP contribution in [0.5, 0.6) is 5.75 Å². The molecule has 0 aliphatic rings. The second kappa shape index (κ2) is 13.5. The number of benzene rings is 3. The molecule has 4 nitrogen and oxygen atoms in total. The van der Waals surface area contributed by atoms with Gasteiger partial charge in [0.15, 0.2) is 0 Å². The van der Waals surface area contributed by atoms with Gasteiger partial charge in [0.25, 0.3) is 0 Å². The van der Waals surface area contributed by atoms with E-state index in [1.54, 1.807) is 0 Å². The Labute approximate surface area is 196 Å². The molecule has 0 saturated heterocycles. The summed E-state index contributed by atoms with van der Waals surface area (Å²) in [4.78, 5) is 13.1. The molecule has 0 atom stereocenters. The Balaban J connectivity index is 0.000000968. The first-order valence-electron chi connectivity index (χ1n) is 11.2. The third-order valence-electron chi connectivity index (χ3n) is 5.32. The summed E-state index contributed by atoms with van der Waals surface area (Å²) in [5.74, 6) is 0.989. The van der Waals surface area contributed by atoms with Crippen LogP contribution in [0.1, 0.15) is 34.4 Å². The number of aromatic nitrogens is 1. The molecule has 0 bridgehead atoms. The third kappa shape index (κ3) is 7.93. The lowest BCUT2D eigenvalue weighted by molar-refractivity contribution is -0.106. The Kier molecular flexibility index (Phi) is 9.70. The number of ether oxygens (including phenoxy) is 1. The minimum atomic E-state index is 0.250. The average molecular weight is 439 g/mol. The molecule has 0 unspecified atom stereocenters. The van der Waals surface area contributed by atoms with Crippen LogP contribution >= 0.6 is 0 Å². The second-order valence-corrected chi connectivity index (χ2v) is 7.64. The van der Waals surface area contributed by atoms with Crippen molar-refractivity contribution in [1.29, 1.82) is 0 Å². The number of hydrogen-bond donors (Lipinski definition) is 1. The topological polar surface area (TPSA) is 65.2 Å². The van der Waals surface area contributed by atoms with Gasteiger partial charge in [-0.05, 0) is 59.7 Å². The van der Waals surface area contributed by atoms with E-state index in [0.717, 1.165) is 37.1 Å². The number of carbonyl (C=O) groups excluding carboxylic acids is 1. The van der Waals surface area contributed by atoms with Crippen LogP contribution in [-0.2, 0) is 30.7 Å². The fourth-order valence-electron chi connectivity index (χ4n) is 3.73. The molecule has 0 radical (unpaired) electrons. The maximum absolute atomic E-state index is 8.58. The van der Waals surface area contributed by atoms with Gasteiger partial charge in [-0.15, -0.1) is 0 Å². The highest BCUT2D eigenvalue weighted by Gasteiger charge is 2.07. The Morgan fingerprint density at radius 1 is 0.727 bits per heavy atom. The Hall–Kier alpha value is -3.92. The molecule has 168 valence electrons. The fraction of sp³-hybridized carbons (Fsp3) is 0.172. The van der Waals surface area contributed by atoms with Crippen molar-refractivity contribution >= 4 is 6.41 Å². The van der Waals surface area contributed by atoms with Gasteiger partial charge in [-0.1, -0.05) is 78.9 Å². The number of para-hydroxylation sites is 1. The van der Waals surface area contributed by atoms with Crippen molar-refractivity contribution in [1.82, 2.24) is 4.98 Å². The Bertz CT molecular complexity index is 1100. The summed E-state index contributed by atoms with van der Waals surface area (Å²) in [7, 11) is 0. The number of pyridine rings is 1. The molecular weight excluding hydrogens is 408 g/mol. The smallest absolute Gasteiger partial charge is 0.204 e. The van der Waals surface area contributed by atoms with Gasteiger partial charge in [0.2, 0.25) is 6.41 Å². The Morgan fingerprint density at radius 3 is 2.06 bits per heavy atom. The maximum Gasteiger partial charge on any atom is 0.204 e. The standard InChI is InChI=1S/C28H27NO.CH3NO/c1-2-11-23(12-3-1)22-30-28-19-7-6-14-25(28)17-10-16-24-13-4-5-15-26(24)21-27-18-8-9-20-29-27;2-1-3/h1-9,11-15,18-20H,10,16-17,21-22H2;1H,(H2,2,3). The van der Waals surface area contributed by atoms with E-state index in [9.17, 15) is 0 Å². The maximum atomic E-state index is 8.58. The number of nitrogens with two attached hydrogens (primary N) is 1. The molecule has 33 heavy (non-hydrogen) atoms. The van der Waals surface area contributed by atoms with Crippen LogP contribution in [0.15, 0.2) is 103 Å². The van der Waals surface area contributed by atoms with Crippen LogP contribution < -0.4 is 10.5 Å². The van der Waals surface area contributed by atoms with E-state index in [0.29, 0.717) is 6.61 Å². The molecule has 3 aromatic carbocycles. The molecule has 0 fully saturated rings. The van der Waals surface area contributed by atoms with Gasteiger partial charge in [-0.25, -0.2) is 0 Å². The van der Waals surface area contributed by atoms with Crippen molar-refractivity contribution in [2.45, 2.75) is 32.3 Å². The fourth-order valence-corrected chi connectivity index (χ4v) is 3.73. The van der Waals surface area contributed by atoms with E-state index in [2.05, 4.69) is 77.4 Å². The molecule has 0 aliphatic carbocycles. The monoisotopic (exact) mass is 438 g/mol. The number of rotatable bonds is 9. The summed E-state index contributed by atoms with van der Waals surface area (Å²) in [5.41, 5.74) is 10.5. The number of aryl methyl sites for hydroxylation is 2. The Morgan fingerprint density at radius 2 is 1.33 bits per heavy atom. The van der Waals surface area contributed by atoms with E-state index in [-0.39, 0.29) is 6.41 Å². The molecule has 4 heteroatoms. The second-order valence-electron chi connectivity index (χ2n) is 7.64. The lowest BCUT2D eigenvalue weighted by Crippen LogP contribution is -2.01. The van der Waals surface area contributed by atoms with Crippen LogP contribution in [-0.4, -0.2) is 11.4 Å². The summed E-state index contributed by atoms with van der Waals surface area (Å²) in [6.45, 7) is 0.602. The van der Waals surface area contributed by atoms with Gasteiger partial charge in [0, 0.05) is 18.3 Å². The van der Waals surface area contributed by atoms with Crippen molar-refractivity contribution < 1.29 is 9.53 Å². The van der Waals surface area contributed by atoms with Crippen LogP contribution in [0.2, 0.25) is 0 Å². The number of carbonyl (C=O) groups is 1. The number of hydrogen-bond acceptors (Lipinski definition) is 3. The highest BCUT2D eigenvalue weighted by atomic mass is 16.5. The van der Waals surface area contributed by atoms with Crippen molar-refractivity contribution in [3.05, 3.63) is 131 Å². The van der Waals surface area contributed by atoms with E-state index in [1.807, 2.05) is 36.5 Å². The van der Waals surface area contributed by atoms with Crippen molar-refractivity contribution in [3.63, 3.8) is 0 Å². The van der Waals surface area contributed by atoms with Crippen LogP contribution in [0, 0.1) is 0 Å². The van der Waals surface area contributed by atoms with E-state index in [4.69, 9.17) is 9.53 Å². The minimum absolute atomic E-state index is 0.250. The molecule has 4 rings (SSSR count). The van der Waals surface area contributed by atoms with Gasteiger partial charge in [0.05, 0.1) is 0 Å². The van der Waals surface area contributed by atoms with Crippen molar-refractivity contribution in [3.8, 4) is 5.75 Å². The van der Waals surface area contributed by atoms with Gasteiger partial charge >= 0.3 is 0 Å². The van der Waals surface area contributed by atoms with Gasteiger partial charge in [-0.2, -0.15) is 0 Å². The van der Waals surface area contributed by atoms with E-state index < -0.39 is 0 Å². The van der Waals surface area contributed by atoms with E-state index in [1.165, 1.54) is 22.3 Å². The summed E-state index contributed by atoms with van der Waals surface area (Å²) >= 11 is 0. The largest absolute Gasteiger partial charge is 0.489 e. The van der Waals surface area contributed by atoms with Gasteiger partial charge in [-0.3, -0.25) is 9.78 Å². The molecule has 2 N–H and O–H groups in total. The zero-order valence-corrected chi connectivity index (χ0v) is 18.8. The third-order valence-corrected chi connectivity index (χ3v) is 5.32.